The molecule has 2 rings (SSSR count). The van der Waals surface area contributed by atoms with E-state index in [-0.39, 0.29) is 34.1 Å². The van der Waals surface area contributed by atoms with Crippen LogP contribution in [0.4, 0.5) is 5.69 Å². The number of ether oxygens (including phenoxy) is 2. The van der Waals surface area contributed by atoms with Crippen molar-refractivity contribution >= 4 is 17.6 Å². The van der Waals surface area contributed by atoms with Crippen LogP contribution < -0.4 is 14.8 Å². The number of hydrogen-bond donors (Lipinski definition) is 2. The van der Waals surface area contributed by atoms with Crippen LogP contribution in [-0.2, 0) is 5.41 Å². The highest BCUT2D eigenvalue weighted by Gasteiger charge is 2.19. The summed E-state index contributed by atoms with van der Waals surface area (Å²) < 4.78 is 10.4. The second kappa shape index (κ2) is 7.47. The Kier molecular flexibility index (Phi) is 5.55. The number of carboxylic acids is 1. The molecule has 138 valence electrons. The Balaban J connectivity index is 2.36. The zero-order valence-electron chi connectivity index (χ0n) is 15.5. The van der Waals surface area contributed by atoms with Crippen LogP contribution in [0, 0.1) is 0 Å². The van der Waals surface area contributed by atoms with E-state index >= 15 is 0 Å². The number of rotatable bonds is 5. The maximum absolute atomic E-state index is 12.6. The fourth-order valence-corrected chi connectivity index (χ4v) is 2.50. The number of carbonyl (C=O) groups is 2. The van der Waals surface area contributed by atoms with Crippen LogP contribution in [0.15, 0.2) is 36.4 Å². The van der Waals surface area contributed by atoms with Gasteiger partial charge in [-0.1, -0.05) is 32.9 Å². The predicted octanol–water partition coefficient (Wildman–Crippen LogP) is 3.95. The summed E-state index contributed by atoms with van der Waals surface area (Å²) in [7, 11) is 2.83. The molecule has 2 aromatic rings. The summed E-state index contributed by atoms with van der Waals surface area (Å²) in [5.41, 5.74) is 1.78. The minimum Gasteiger partial charge on any atom is -0.493 e. The smallest absolute Gasteiger partial charge is 0.335 e. The van der Waals surface area contributed by atoms with Crippen molar-refractivity contribution in [1.29, 1.82) is 0 Å². The fraction of sp³-hybridized carbons (Fsp3) is 0.300. The van der Waals surface area contributed by atoms with Gasteiger partial charge in [0.25, 0.3) is 5.91 Å². The number of nitrogens with one attached hydrogen (secondary N) is 1. The first-order valence-electron chi connectivity index (χ1n) is 8.08. The molecule has 0 saturated heterocycles. The number of hydrogen-bond acceptors (Lipinski definition) is 4. The molecule has 0 spiro atoms. The lowest BCUT2D eigenvalue weighted by molar-refractivity contribution is 0.0696. The van der Waals surface area contributed by atoms with E-state index in [4.69, 9.17) is 9.47 Å². The second-order valence-corrected chi connectivity index (χ2v) is 6.85. The molecule has 0 atom stereocenters. The van der Waals surface area contributed by atoms with Gasteiger partial charge in [0, 0.05) is 5.56 Å². The number of carbonyl (C=O) groups excluding carboxylic acids is 1. The molecule has 0 heterocycles. The molecule has 6 heteroatoms. The minimum absolute atomic E-state index is 0.0125. The van der Waals surface area contributed by atoms with E-state index in [9.17, 15) is 14.7 Å². The summed E-state index contributed by atoms with van der Waals surface area (Å²) >= 11 is 0. The van der Waals surface area contributed by atoms with Gasteiger partial charge < -0.3 is 19.9 Å². The van der Waals surface area contributed by atoms with E-state index in [2.05, 4.69) is 26.1 Å². The Hall–Kier alpha value is -3.02. The standard InChI is InChI=1S/C20H23NO5/c1-20(2,3)14-8-6-12(7-9-14)18(22)21-15-10-13(19(23)24)11-16(25-4)17(15)26-5/h6-11H,1-5H3,(H,21,22)(H,23,24). The van der Waals surface area contributed by atoms with Gasteiger partial charge in [-0.3, -0.25) is 4.79 Å². The Morgan fingerprint density at radius 3 is 2.04 bits per heavy atom. The van der Waals surface area contributed by atoms with E-state index in [0.29, 0.717) is 5.56 Å². The van der Waals surface area contributed by atoms with Crippen molar-refractivity contribution in [2.75, 3.05) is 19.5 Å². The quantitative estimate of drug-likeness (QED) is 0.846. The molecule has 2 aromatic carbocycles. The molecule has 0 radical (unpaired) electrons. The molecule has 26 heavy (non-hydrogen) atoms. The summed E-state index contributed by atoms with van der Waals surface area (Å²) in [4.78, 5) is 23.9. The third-order valence-electron chi connectivity index (χ3n) is 3.99. The molecule has 1 amide bonds. The lowest BCUT2D eigenvalue weighted by Crippen LogP contribution is -2.15. The average molecular weight is 357 g/mol. The highest BCUT2D eigenvalue weighted by Crippen LogP contribution is 2.37. The molecule has 6 nitrogen and oxygen atoms in total. The van der Waals surface area contributed by atoms with Crippen molar-refractivity contribution in [3.05, 3.63) is 53.1 Å². The zero-order valence-corrected chi connectivity index (χ0v) is 15.5. The first-order chi connectivity index (χ1) is 12.2. The number of carboxylic acid groups (broad SMARTS) is 1. The van der Waals surface area contributed by atoms with E-state index in [0.717, 1.165) is 5.56 Å². The number of benzene rings is 2. The molecule has 2 N–H and O–H groups in total. The van der Waals surface area contributed by atoms with Gasteiger partial charge in [-0.2, -0.15) is 0 Å². The summed E-state index contributed by atoms with van der Waals surface area (Å²) in [6, 6.07) is 9.96. The van der Waals surface area contributed by atoms with E-state index in [1.165, 1.54) is 26.4 Å². The summed E-state index contributed by atoms with van der Waals surface area (Å²) in [5.74, 6) is -1.01. The predicted molar refractivity (Wildman–Crippen MR) is 99.6 cm³/mol. The molecular formula is C20H23NO5. The van der Waals surface area contributed by atoms with Crippen LogP contribution >= 0.6 is 0 Å². The first kappa shape index (κ1) is 19.3. The highest BCUT2D eigenvalue weighted by atomic mass is 16.5. The second-order valence-electron chi connectivity index (χ2n) is 6.85. The van der Waals surface area contributed by atoms with Gasteiger partial charge in [0.1, 0.15) is 0 Å². The van der Waals surface area contributed by atoms with Gasteiger partial charge in [-0.05, 0) is 35.2 Å². The Morgan fingerprint density at radius 1 is 0.962 bits per heavy atom. The van der Waals surface area contributed by atoms with Crippen LogP contribution in [0.2, 0.25) is 0 Å². The summed E-state index contributed by atoms with van der Waals surface area (Å²) in [6.07, 6.45) is 0. The minimum atomic E-state index is -1.13. The molecule has 0 saturated carbocycles. The zero-order chi connectivity index (χ0) is 19.5. The SMILES string of the molecule is COc1cc(C(=O)O)cc(NC(=O)c2ccc(C(C)(C)C)cc2)c1OC. The lowest BCUT2D eigenvalue weighted by atomic mass is 9.87. The van der Waals surface area contributed by atoms with Crippen LogP contribution in [0.1, 0.15) is 47.1 Å². The molecule has 0 aromatic heterocycles. The van der Waals surface area contributed by atoms with Gasteiger partial charge in [0.2, 0.25) is 0 Å². The van der Waals surface area contributed by atoms with Crippen molar-refractivity contribution in [3.8, 4) is 11.5 Å². The monoisotopic (exact) mass is 357 g/mol. The van der Waals surface area contributed by atoms with Crippen molar-refractivity contribution in [3.63, 3.8) is 0 Å². The molecule has 0 aliphatic heterocycles. The Labute approximate surface area is 152 Å². The number of methoxy groups -OCH3 is 2. The fourth-order valence-electron chi connectivity index (χ4n) is 2.50. The van der Waals surface area contributed by atoms with E-state index in [1.54, 1.807) is 12.1 Å². The van der Waals surface area contributed by atoms with Crippen molar-refractivity contribution in [1.82, 2.24) is 0 Å². The maximum atomic E-state index is 12.6. The van der Waals surface area contributed by atoms with Gasteiger partial charge in [-0.25, -0.2) is 4.79 Å². The van der Waals surface area contributed by atoms with Gasteiger partial charge in [0.05, 0.1) is 25.5 Å². The summed E-state index contributed by atoms with van der Waals surface area (Å²) in [5, 5.41) is 11.9. The van der Waals surface area contributed by atoms with Gasteiger partial charge in [-0.15, -0.1) is 0 Å². The first-order valence-corrected chi connectivity index (χ1v) is 8.08. The third kappa shape index (κ3) is 4.14. The number of aromatic carboxylic acids is 1. The van der Waals surface area contributed by atoms with Crippen LogP contribution in [0.3, 0.4) is 0 Å². The van der Waals surface area contributed by atoms with Gasteiger partial charge >= 0.3 is 5.97 Å². The largest absolute Gasteiger partial charge is 0.493 e. The lowest BCUT2D eigenvalue weighted by Gasteiger charge is -2.19. The average Bonchev–Trinajstić information content (AvgIpc) is 2.60. The maximum Gasteiger partial charge on any atom is 0.335 e. The van der Waals surface area contributed by atoms with Crippen molar-refractivity contribution in [2.45, 2.75) is 26.2 Å². The molecule has 0 aliphatic rings. The Morgan fingerprint density at radius 2 is 1.58 bits per heavy atom. The third-order valence-corrected chi connectivity index (χ3v) is 3.99. The van der Waals surface area contributed by atoms with E-state index < -0.39 is 5.97 Å². The summed E-state index contributed by atoms with van der Waals surface area (Å²) in [6.45, 7) is 6.28. The van der Waals surface area contributed by atoms with Crippen molar-refractivity contribution in [2.24, 2.45) is 0 Å². The Bertz CT molecular complexity index is 819. The molecular weight excluding hydrogens is 334 g/mol. The highest BCUT2D eigenvalue weighted by molar-refractivity contribution is 6.06. The molecule has 0 fully saturated rings. The number of anilines is 1. The van der Waals surface area contributed by atoms with Crippen molar-refractivity contribution < 1.29 is 24.2 Å². The molecule has 0 aliphatic carbocycles. The number of amides is 1. The van der Waals surface area contributed by atoms with Crippen LogP contribution in [0.25, 0.3) is 0 Å². The van der Waals surface area contributed by atoms with E-state index in [1.807, 2.05) is 12.1 Å². The van der Waals surface area contributed by atoms with Crippen LogP contribution in [0.5, 0.6) is 11.5 Å². The topological polar surface area (TPSA) is 84.9 Å². The van der Waals surface area contributed by atoms with Crippen LogP contribution in [-0.4, -0.2) is 31.2 Å². The molecule has 0 unspecified atom stereocenters. The van der Waals surface area contributed by atoms with Gasteiger partial charge in [0.15, 0.2) is 11.5 Å². The molecule has 0 bridgehead atoms. The normalized spacial score (nSPS) is 11.0.